The summed E-state index contributed by atoms with van der Waals surface area (Å²) in [6.45, 7) is 0.563. The van der Waals surface area contributed by atoms with Crippen molar-refractivity contribution in [1.82, 2.24) is 4.90 Å². The molecule has 3 nitrogen and oxygen atoms in total. The molecule has 1 unspecified atom stereocenters. The molecule has 7 heteroatoms. The second kappa shape index (κ2) is 5.79. The highest BCUT2D eigenvalue weighted by molar-refractivity contribution is 7.80. The molecule has 1 rings (SSSR count). The van der Waals surface area contributed by atoms with Crippen molar-refractivity contribution in [2.24, 2.45) is 5.73 Å². The van der Waals surface area contributed by atoms with E-state index in [1.807, 2.05) is 4.90 Å². The number of rotatable bonds is 4. The lowest BCUT2D eigenvalue weighted by molar-refractivity contribution is -0.325. The van der Waals surface area contributed by atoms with Gasteiger partial charge in [0.2, 0.25) is 0 Å². The van der Waals surface area contributed by atoms with Gasteiger partial charge in [-0.1, -0.05) is 18.6 Å². The average molecular weight is 256 g/mol. The minimum Gasteiger partial charge on any atom is -0.392 e. The first kappa shape index (κ1) is 13.7. The van der Waals surface area contributed by atoms with Crippen LogP contribution < -0.4 is 5.73 Å². The molecular formula is C9H15F3N2OS. The highest BCUT2D eigenvalue weighted by atomic mass is 32.1. The van der Waals surface area contributed by atoms with E-state index in [1.165, 1.54) is 0 Å². The molecule has 1 aliphatic heterocycles. The van der Waals surface area contributed by atoms with Crippen LogP contribution in [0, 0.1) is 0 Å². The van der Waals surface area contributed by atoms with Gasteiger partial charge in [0.1, 0.15) is 0 Å². The van der Waals surface area contributed by atoms with Gasteiger partial charge in [-0.2, -0.15) is 0 Å². The van der Waals surface area contributed by atoms with Crippen LogP contribution in [-0.2, 0) is 4.74 Å². The number of nitrogens with two attached hydrogens (primary N) is 1. The normalized spacial score (nSPS) is 23.3. The third kappa shape index (κ3) is 4.63. The topological polar surface area (TPSA) is 38.5 Å². The van der Waals surface area contributed by atoms with Gasteiger partial charge in [-0.15, -0.1) is 13.2 Å². The number of halogens is 3. The molecule has 0 radical (unpaired) electrons. The van der Waals surface area contributed by atoms with Gasteiger partial charge in [0, 0.05) is 6.54 Å². The molecule has 0 amide bonds. The quantitative estimate of drug-likeness (QED) is 0.776. The lowest BCUT2D eigenvalue weighted by Gasteiger charge is -2.34. The van der Waals surface area contributed by atoms with Crippen molar-refractivity contribution >= 4 is 17.2 Å². The Balaban J connectivity index is 2.36. The second-order valence-electron chi connectivity index (χ2n) is 3.74. The van der Waals surface area contributed by atoms with Crippen molar-refractivity contribution < 1.29 is 17.9 Å². The molecule has 2 N–H and O–H groups in total. The highest BCUT2D eigenvalue weighted by Gasteiger charge is 2.30. The summed E-state index contributed by atoms with van der Waals surface area (Å²) < 4.78 is 39.1. The van der Waals surface area contributed by atoms with Crippen molar-refractivity contribution in [3.8, 4) is 0 Å². The maximum absolute atomic E-state index is 11.8. The summed E-state index contributed by atoms with van der Waals surface area (Å²) >= 11 is 4.89. The third-order valence-electron chi connectivity index (χ3n) is 2.59. The lowest BCUT2D eigenvalue weighted by atomic mass is 10.0. The summed E-state index contributed by atoms with van der Waals surface area (Å²) in [5.74, 6) is 0. The molecule has 0 aromatic heterocycles. The highest BCUT2D eigenvalue weighted by Crippen LogP contribution is 2.19. The monoisotopic (exact) mass is 256 g/mol. The van der Waals surface area contributed by atoms with E-state index >= 15 is 0 Å². The Morgan fingerprint density at radius 2 is 2.12 bits per heavy atom. The average Bonchev–Trinajstić information content (AvgIpc) is 2.16. The molecule has 1 atom stereocenters. The molecule has 1 saturated heterocycles. The van der Waals surface area contributed by atoms with Crippen LogP contribution in [0.2, 0.25) is 0 Å². The third-order valence-corrected chi connectivity index (χ3v) is 2.86. The van der Waals surface area contributed by atoms with E-state index in [-0.39, 0.29) is 19.2 Å². The largest absolute Gasteiger partial charge is 0.522 e. The second-order valence-corrected chi connectivity index (χ2v) is 4.22. The van der Waals surface area contributed by atoms with E-state index in [0.29, 0.717) is 4.99 Å². The van der Waals surface area contributed by atoms with Gasteiger partial charge in [0.05, 0.1) is 17.6 Å². The predicted molar refractivity (Wildman–Crippen MR) is 58.0 cm³/mol. The summed E-state index contributed by atoms with van der Waals surface area (Å²) in [5.41, 5.74) is 5.54. The molecule has 1 fully saturated rings. The lowest BCUT2D eigenvalue weighted by Crippen LogP contribution is -2.48. The van der Waals surface area contributed by atoms with Gasteiger partial charge in [0.25, 0.3) is 0 Å². The van der Waals surface area contributed by atoms with Crippen LogP contribution in [0.15, 0.2) is 0 Å². The van der Waals surface area contributed by atoms with Gasteiger partial charge < -0.3 is 5.73 Å². The minimum atomic E-state index is -4.56. The summed E-state index contributed by atoms with van der Waals surface area (Å²) in [4.78, 5) is 2.21. The Morgan fingerprint density at radius 1 is 1.44 bits per heavy atom. The number of piperidine rings is 1. The Bertz CT molecular complexity index is 247. The first-order valence-corrected chi connectivity index (χ1v) is 5.55. The molecule has 0 aliphatic carbocycles. The van der Waals surface area contributed by atoms with E-state index in [2.05, 4.69) is 4.74 Å². The first-order chi connectivity index (χ1) is 7.40. The minimum absolute atomic E-state index is 0.0828. The summed E-state index contributed by atoms with van der Waals surface area (Å²) in [6.07, 6.45) is -1.76. The zero-order valence-corrected chi connectivity index (χ0v) is 9.61. The van der Waals surface area contributed by atoms with Gasteiger partial charge in [0.15, 0.2) is 0 Å². The molecule has 0 aromatic carbocycles. The van der Waals surface area contributed by atoms with E-state index < -0.39 is 6.36 Å². The fraction of sp³-hybridized carbons (Fsp3) is 0.889. The van der Waals surface area contributed by atoms with Crippen molar-refractivity contribution in [3.05, 3.63) is 0 Å². The summed E-state index contributed by atoms with van der Waals surface area (Å²) in [5, 5.41) is 0. The Hall–Kier alpha value is -0.400. The zero-order chi connectivity index (χ0) is 12.2. The van der Waals surface area contributed by atoms with Crippen molar-refractivity contribution in [2.45, 2.75) is 31.7 Å². The first-order valence-electron chi connectivity index (χ1n) is 5.14. The van der Waals surface area contributed by atoms with Crippen LogP contribution >= 0.6 is 12.2 Å². The van der Waals surface area contributed by atoms with Crippen molar-refractivity contribution in [1.29, 1.82) is 0 Å². The number of hydrogen-bond donors (Lipinski definition) is 1. The Labute approximate surface area is 97.7 Å². The number of nitrogens with zero attached hydrogens (tertiary/aromatic N) is 1. The fourth-order valence-electron chi connectivity index (χ4n) is 1.86. The number of alkyl halides is 3. The number of likely N-dealkylation sites (tertiary alicyclic amines) is 1. The van der Waals surface area contributed by atoms with Crippen LogP contribution in [0.4, 0.5) is 13.2 Å². The number of hydrogen-bond acceptors (Lipinski definition) is 3. The molecule has 16 heavy (non-hydrogen) atoms. The van der Waals surface area contributed by atoms with Crippen molar-refractivity contribution in [2.75, 3.05) is 19.7 Å². The maximum Gasteiger partial charge on any atom is 0.522 e. The van der Waals surface area contributed by atoms with Crippen molar-refractivity contribution in [3.63, 3.8) is 0 Å². The molecule has 1 aliphatic rings. The van der Waals surface area contributed by atoms with Crippen LogP contribution in [0.3, 0.4) is 0 Å². The van der Waals surface area contributed by atoms with E-state index in [0.717, 1.165) is 25.8 Å². The van der Waals surface area contributed by atoms with Crippen LogP contribution in [0.5, 0.6) is 0 Å². The molecule has 0 saturated carbocycles. The van der Waals surface area contributed by atoms with Gasteiger partial charge in [-0.3, -0.25) is 9.64 Å². The Kier molecular flexibility index (Phi) is 4.94. The van der Waals surface area contributed by atoms with E-state index in [1.54, 1.807) is 0 Å². The fourth-order valence-corrected chi connectivity index (χ4v) is 2.13. The predicted octanol–water partition coefficient (Wildman–Crippen LogP) is 1.66. The molecular weight excluding hydrogens is 241 g/mol. The standard InChI is InChI=1S/C9H15F3N2OS/c10-9(11,12)15-6-5-14-4-2-1-3-7(14)8(13)16/h7H,1-6H2,(H2,13,16). The summed E-state index contributed by atoms with van der Waals surface area (Å²) in [6, 6.07) is -0.0828. The SMILES string of the molecule is NC(=S)C1CCCCN1CCOC(F)(F)F. The molecule has 1 heterocycles. The maximum atomic E-state index is 11.8. The molecule has 0 aromatic rings. The van der Waals surface area contributed by atoms with E-state index in [4.69, 9.17) is 18.0 Å². The molecule has 94 valence electrons. The van der Waals surface area contributed by atoms with Gasteiger partial charge in [-0.05, 0) is 19.4 Å². The zero-order valence-electron chi connectivity index (χ0n) is 8.79. The number of thiocarbonyl (C=S) groups is 1. The van der Waals surface area contributed by atoms with Crippen LogP contribution in [0.1, 0.15) is 19.3 Å². The van der Waals surface area contributed by atoms with Gasteiger partial charge in [-0.25, -0.2) is 0 Å². The molecule has 0 bridgehead atoms. The Morgan fingerprint density at radius 3 is 2.69 bits per heavy atom. The van der Waals surface area contributed by atoms with E-state index in [9.17, 15) is 13.2 Å². The molecule has 0 spiro atoms. The van der Waals surface area contributed by atoms with Crippen LogP contribution in [-0.4, -0.2) is 42.0 Å². The smallest absolute Gasteiger partial charge is 0.392 e. The van der Waals surface area contributed by atoms with Gasteiger partial charge >= 0.3 is 6.36 Å². The number of ether oxygens (including phenoxy) is 1. The summed E-state index contributed by atoms with van der Waals surface area (Å²) in [7, 11) is 0. The van der Waals surface area contributed by atoms with Crippen LogP contribution in [0.25, 0.3) is 0 Å².